The van der Waals surface area contributed by atoms with Crippen LogP contribution in [0.4, 0.5) is 0 Å². The van der Waals surface area contributed by atoms with Crippen molar-refractivity contribution in [2.24, 2.45) is 5.10 Å². The molecule has 22 heavy (non-hydrogen) atoms. The van der Waals surface area contributed by atoms with Crippen LogP contribution in [0.1, 0.15) is 11.1 Å². The molecule has 0 aliphatic heterocycles. The molecular formula is C18H15N3O. The summed E-state index contributed by atoms with van der Waals surface area (Å²) in [6, 6.07) is 19.3. The fourth-order valence-corrected chi connectivity index (χ4v) is 2.23. The van der Waals surface area contributed by atoms with Gasteiger partial charge in [0.1, 0.15) is 0 Å². The maximum absolute atomic E-state index is 11.8. The minimum absolute atomic E-state index is 0.143. The SMILES string of the molecule is O=C(Cc1ccccc1)N/N=C\c1cccc2cccnc12. The lowest BCUT2D eigenvalue weighted by Gasteiger charge is -2.01. The molecular weight excluding hydrogens is 274 g/mol. The van der Waals surface area contributed by atoms with E-state index in [-0.39, 0.29) is 5.91 Å². The summed E-state index contributed by atoms with van der Waals surface area (Å²) in [5.74, 6) is -0.143. The van der Waals surface area contributed by atoms with Gasteiger partial charge in [-0.1, -0.05) is 54.6 Å². The average molecular weight is 289 g/mol. The quantitative estimate of drug-likeness (QED) is 0.593. The van der Waals surface area contributed by atoms with Crippen molar-refractivity contribution in [3.63, 3.8) is 0 Å². The van der Waals surface area contributed by atoms with Gasteiger partial charge in [0.15, 0.2) is 0 Å². The smallest absolute Gasteiger partial charge is 0.244 e. The summed E-state index contributed by atoms with van der Waals surface area (Å²) < 4.78 is 0. The molecule has 4 nitrogen and oxygen atoms in total. The van der Waals surface area contributed by atoms with E-state index in [9.17, 15) is 4.79 Å². The van der Waals surface area contributed by atoms with Gasteiger partial charge in [0.25, 0.3) is 0 Å². The van der Waals surface area contributed by atoms with Gasteiger partial charge in [-0.3, -0.25) is 9.78 Å². The number of nitrogens with zero attached hydrogens (tertiary/aromatic N) is 2. The van der Waals surface area contributed by atoms with Crippen LogP contribution < -0.4 is 5.43 Å². The topological polar surface area (TPSA) is 54.4 Å². The number of carbonyl (C=O) groups is 1. The van der Waals surface area contributed by atoms with Crippen molar-refractivity contribution in [2.75, 3.05) is 0 Å². The number of benzene rings is 2. The highest BCUT2D eigenvalue weighted by atomic mass is 16.2. The number of fused-ring (bicyclic) bond motifs is 1. The van der Waals surface area contributed by atoms with E-state index in [1.165, 1.54) is 0 Å². The van der Waals surface area contributed by atoms with Crippen LogP contribution in [0.2, 0.25) is 0 Å². The van der Waals surface area contributed by atoms with Gasteiger partial charge in [-0.05, 0) is 11.6 Å². The fourth-order valence-electron chi connectivity index (χ4n) is 2.23. The van der Waals surface area contributed by atoms with E-state index in [0.717, 1.165) is 22.0 Å². The maximum atomic E-state index is 11.8. The molecule has 3 aromatic rings. The molecule has 108 valence electrons. The summed E-state index contributed by atoms with van der Waals surface area (Å²) in [4.78, 5) is 16.2. The molecule has 0 aliphatic rings. The first-order chi connectivity index (χ1) is 10.8. The predicted octanol–water partition coefficient (Wildman–Crippen LogP) is 2.93. The molecule has 0 radical (unpaired) electrons. The standard InChI is InChI=1S/C18H15N3O/c22-17(12-14-6-2-1-3-7-14)21-20-13-16-9-4-8-15-10-5-11-19-18(15)16/h1-11,13H,12H2,(H,21,22)/b20-13-. The summed E-state index contributed by atoms with van der Waals surface area (Å²) in [7, 11) is 0. The highest BCUT2D eigenvalue weighted by molar-refractivity contribution is 5.97. The Labute approximate surface area is 128 Å². The zero-order valence-corrected chi connectivity index (χ0v) is 11.9. The van der Waals surface area contributed by atoms with Crippen molar-refractivity contribution in [3.8, 4) is 0 Å². The number of para-hydroxylation sites is 1. The lowest BCUT2D eigenvalue weighted by Crippen LogP contribution is -2.19. The third-order valence-corrected chi connectivity index (χ3v) is 3.26. The number of pyridine rings is 1. The van der Waals surface area contributed by atoms with Gasteiger partial charge >= 0.3 is 0 Å². The van der Waals surface area contributed by atoms with E-state index in [0.29, 0.717) is 6.42 Å². The number of amides is 1. The van der Waals surface area contributed by atoms with Crippen molar-refractivity contribution in [2.45, 2.75) is 6.42 Å². The first-order valence-electron chi connectivity index (χ1n) is 7.02. The summed E-state index contributed by atoms with van der Waals surface area (Å²) in [5.41, 5.74) is 5.25. The molecule has 0 unspecified atom stereocenters. The van der Waals surface area contributed by atoms with E-state index < -0.39 is 0 Å². The molecule has 2 aromatic carbocycles. The lowest BCUT2D eigenvalue weighted by molar-refractivity contribution is -0.120. The average Bonchev–Trinajstić information content (AvgIpc) is 2.56. The van der Waals surface area contributed by atoms with E-state index >= 15 is 0 Å². The molecule has 0 spiro atoms. The van der Waals surface area contributed by atoms with E-state index in [2.05, 4.69) is 15.5 Å². The van der Waals surface area contributed by atoms with Crippen LogP contribution in [-0.4, -0.2) is 17.1 Å². The number of rotatable bonds is 4. The van der Waals surface area contributed by atoms with E-state index in [1.54, 1.807) is 12.4 Å². The Kier molecular flexibility index (Phi) is 4.20. The molecule has 0 aliphatic carbocycles. The van der Waals surface area contributed by atoms with Crippen molar-refractivity contribution in [3.05, 3.63) is 78.0 Å². The fraction of sp³-hybridized carbons (Fsp3) is 0.0556. The minimum atomic E-state index is -0.143. The molecule has 3 rings (SSSR count). The number of carbonyl (C=O) groups excluding carboxylic acids is 1. The van der Waals surface area contributed by atoms with Gasteiger partial charge in [0.2, 0.25) is 5.91 Å². The van der Waals surface area contributed by atoms with Crippen LogP contribution in [0.3, 0.4) is 0 Å². The molecule has 0 bridgehead atoms. The van der Waals surface area contributed by atoms with E-state index in [4.69, 9.17) is 0 Å². The number of aromatic nitrogens is 1. The first-order valence-corrected chi connectivity index (χ1v) is 7.02. The Hall–Kier alpha value is -3.01. The molecule has 0 saturated carbocycles. The summed E-state index contributed by atoms with van der Waals surface area (Å²) >= 11 is 0. The second-order valence-electron chi connectivity index (χ2n) is 4.88. The predicted molar refractivity (Wildman–Crippen MR) is 87.6 cm³/mol. The Morgan fingerprint density at radius 1 is 1.05 bits per heavy atom. The van der Waals surface area contributed by atoms with Gasteiger partial charge in [0.05, 0.1) is 18.2 Å². The Morgan fingerprint density at radius 3 is 2.73 bits per heavy atom. The third kappa shape index (κ3) is 3.35. The minimum Gasteiger partial charge on any atom is -0.273 e. The maximum Gasteiger partial charge on any atom is 0.244 e. The number of nitrogens with one attached hydrogen (secondary N) is 1. The monoisotopic (exact) mass is 289 g/mol. The molecule has 0 atom stereocenters. The summed E-state index contributed by atoms with van der Waals surface area (Å²) in [6.45, 7) is 0. The molecule has 0 saturated heterocycles. The second-order valence-corrected chi connectivity index (χ2v) is 4.88. The van der Waals surface area contributed by atoms with Gasteiger partial charge in [-0.15, -0.1) is 0 Å². The van der Waals surface area contributed by atoms with E-state index in [1.807, 2.05) is 60.7 Å². The number of hydrogen-bond donors (Lipinski definition) is 1. The van der Waals surface area contributed by atoms with Gasteiger partial charge in [-0.2, -0.15) is 5.10 Å². The van der Waals surface area contributed by atoms with Crippen LogP contribution in [0, 0.1) is 0 Å². The van der Waals surface area contributed by atoms with Crippen LogP contribution >= 0.6 is 0 Å². The van der Waals surface area contributed by atoms with Crippen molar-refractivity contribution >= 4 is 23.0 Å². The first kappa shape index (κ1) is 13.9. The number of hydrogen-bond acceptors (Lipinski definition) is 3. The normalized spacial score (nSPS) is 10.9. The second kappa shape index (κ2) is 6.63. The molecule has 1 amide bonds. The van der Waals surface area contributed by atoms with Crippen molar-refractivity contribution in [1.29, 1.82) is 0 Å². The summed E-state index contributed by atoms with van der Waals surface area (Å²) in [5, 5.41) is 5.07. The zero-order chi connectivity index (χ0) is 15.2. The molecule has 0 fully saturated rings. The lowest BCUT2D eigenvalue weighted by atomic mass is 10.1. The van der Waals surface area contributed by atoms with Gasteiger partial charge < -0.3 is 0 Å². The Morgan fingerprint density at radius 2 is 1.86 bits per heavy atom. The Bertz CT molecular complexity index is 807. The van der Waals surface area contributed by atoms with Crippen LogP contribution in [0.5, 0.6) is 0 Å². The molecule has 1 aromatic heterocycles. The third-order valence-electron chi connectivity index (χ3n) is 3.26. The highest BCUT2D eigenvalue weighted by Gasteiger charge is 2.02. The summed E-state index contributed by atoms with van der Waals surface area (Å²) in [6.07, 6.45) is 3.68. The Balaban J connectivity index is 1.67. The van der Waals surface area contributed by atoms with Crippen LogP contribution in [0.15, 0.2) is 72.0 Å². The van der Waals surface area contributed by atoms with Gasteiger partial charge in [-0.25, -0.2) is 5.43 Å². The molecule has 1 heterocycles. The van der Waals surface area contributed by atoms with Crippen LogP contribution in [0.25, 0.3) is 10.9 Å². The van der Waals surface area contributed by atoms with Crippen molar-refractivity contribution < 1.29 is 4.79 Å². The van der Waals surface area contributed by atoms with Crippen LogP contribution in [-0.2, 0) is 11.2 Å². The van der Waals surface area contributed by atoms with Gasteiger partial charge in [0, 0.05) is 17.1 Å². The molecule has 1 N–H and O–H groups in total. The zero-order valence-electron chi connectivity index (χ0n) is 11.9. The van der Waals surface area contributed by atoms with Crippen molar-refractivity contribution in [1.82, 2.24) is 10.4 Å². The largest absolute Gasteiger partial charge is 0.273 e. The highest BCUT2D eigenvalue weighted by Crippen LogP contribution is 2.13. The molecule has 4 heteroatoms. The number of hydrazone groups is 1.